The van der Waals surface area contributed by atoms with Gasteiger partial charge in [0.25, 0.3) is 5.91 Å². The number of carbonyl (C=O) groups is 2. The summed E-state index contributed by atoms with van der Waals surface area (Å²) in [5.74, 6) is -0.761. The van der Waals surface area contributed by atoms with Crippen LogP contribution in [0.4, 0.5) is 0 Å². The number of rotatable bonds is 5. The number of allylic oxidation sites excluding steroid dienone is 2. The lowest BCUT2D eigenvalue weighted by atomic mass is 10.2. The average Bonchev–Trinajstić information content (AvgIpc) is 3.03. The second-order valence-corrected chi connectivity index (χ2v) is 5.89. The lowest BCUT2D eigenvalue weighted by molar-refractivity contribution is -0.145. The van der Waals surface area contributed by atoms with E-state index in [2.05, 4.69) is 0 Å². The lowest BCUT2D eigenvalue weighted by Gasteiger charge is -2.21. The van der Waals surface area contributed by atoms with Crippen molar-refractivity contribution in [2.75, 3.05) is 0 Å². The molecule has 2 heterocycles. The molecule has 1 atom stereocenters. The molecule has 0 bridgehead atoms. The van der Waals surface area contributed by atoms with Crippen LogP contribution in [0.25, 0.3) is 6.08 Å². The van der Waals surface area contributed by atoms with Crippen LogP contribution in [-0.2, 0) is 9.59 Å². The molecule has 1 aliphatic rings. The molecule has 1 N–H and O–H groups in total. The first kappa shape index (κ1) is 15.5. The van der Waals surface area contributed by atoms with Crippen molar-refractivity contribution in [1.82, 2.24) is 4.90 Å². The number of aliphatic carboxylic acids is 1. The zero-order valence-electron chi connectivity index (χ0n) is 11.2. The Morgan fingerprint density at radius 3 is 2.95 bits per heavy atom. The number of thiocarbonyl (C=S) groups is 1. The maximum absolute atomic E-state index is 12.2. The standard InChI is InChI=1S/C14H13NO4S2/c1-2-10(13(17)18)15-12(16)11(21-14(15)20)7-3-5-9-6-4-8-19-9/h3-8,10H,2H2,1H3,(H,17,18)/b5-3+,11-7+. The van der Waals surface area contributed by atoms with Crippen LogP contribution in [0.15, 0.2) is 39.9 Å². The molecule has 0 aromatic carbocycles. The van der Waals surface area contributed by atoms with E-state index in [1.165, 1.54) is 0 Å². The van der Waals surface area contributed by atoms with E-state index in [0.717, 1.165) is 16.7 Å². The van der Waals surface area contributed by atoms with Gasteiger partial charge in [-0.05, 0) is 30.7 Å². The largest absolute Gasteiger partial charge is 0.480 e. The highest BCUT2D eigenvalue weighted by Crippen LogP contribution is 2.33. The molecule has 7 heteroatoms. The van der Waals surface area contributed by atoms with E-state index >= 15 is 0 Å². The number of carboxylic acids is 1. The SMILES string of the molecule is CCC(C(=O)O)N1C(=O)/C(=C\C=C\c2ccco2)SC1=S. The molecule has 0 spiro atoms. The number of nitrogens with zero attached hydrogens (tertiary/aromatic N) is 1. The zero-order valence-corrected chi connectivity index (χ0v) is 12.8. The summed E-state index contributed by atoms with van der Waals surface area (Å²) in [5.41, 5.74) is 0. The van der Waals surface area contributed by atoms with Crippen molar-refractivity contribution in [2.24, 2.45) is 0 Å². The summed E-state index contributed by atoms with van der Waals surface area (Å²) in [6.45, 7) is 1.71. The quantitative estimate of drug-likeness (QED) is 0.663. The fourth-order valence-corrected chi connectivity index (χ4v) is 3.16. The minimum Gasteiger partial charge on any atom is -0.480 e. The maximum atomic E-state index is 12.2. The minimum absolute atomic E-state index is 0.270. The smallest absolute Gasteiger partial charge is 0.326 e. The number of hydrogen-bond donors (Lipinski definition) is 1. The van der Waals surface area contributed by atoms with Crippen LogP contribution < -0.4 is 0 Å². The molecule has 1 amide bonds. The summed E-state index contributed by atoms with van der Waals surface area (Å²) in [5, 5.41) is 9.15. The van der Waals surface area contributed by atoms with Crippen molar-refractivity contribution < 1.29 is 19.1 Å². The molecule has 1 aromatic rings. The van der Waals surface area contributed by atoms with Gasteiger partial charge in [-0.25, -0.2) is 4.79 Å². The minimum atomic E-state index is -1.05. The van der Waals surface area contributed by atoms with E-state index in [1.807, 2.05) is 0 Å². The summed E-state index contributed by atoms with van der Waals surface area (Å²) < 4.78 is 5.40. The van der Waals surface area contributed by atoms with E-state index in [1.54, 1.807) is 43.5 Å². The van der Waals surface area contributed by atoms with E-state index in [-0.39, 0.29) is 10.2 Å². The molecule has 1 fully saturated rings. The monoisotopic (exact) mass is 323 g/mol. The van der Waals surface area contributed by atoms with Gasteiger partial charge in [0.2, 0.25) is 0 Å². The molecule has 0 aliphatic carbocycles. The highest BCUT2D eigenvalue weighted by atomic mass is 32.2. The van der Waals surface area contributed by atoms with Crippen LogP contribution in [0.3, 0.4) is 0 Å². The second-order valence-electron chi connectivity index (χ2n) is 4.21. The van der Waals surface area contributed by atoms with Crippen molar-refractivity contribution in [1.29, 1.82) is 0 Å². The molecule has 1 aromatic heterocycles. The van der Waals surface area contributed by atoms with Crippen molar-refractivity contribution in [3.05, 3.63) is 41.2 Å². The van der Waals surface area contributed by atoms with Crippen molar-refractivity contribution in [3.8, 4) is 0 Å². The van der Waals surface area contributed by atoms with Gasteiger partial charge in [0.1, 0.15) is 16.1 Å². The third-order valence-corrected chi connectivity index (χ3v) is 4.21. The Morgan fingerprint density at radius 1 is 1.62 bits per heavy atom. The van der Waals surface area contributed by atoms with E-state index in [4.69, 9.17) is 21.7 Å². The number of hydrogen-bond acceptors (Lipinski definition) is 5. The van der Waals surface area contributed by atoms with Crippen LogP contribution in [-0.4, -0.2) is 32.2 Å². The first-order chi connectivity index (χ1) is 10.0. The summed E-state index contributed by atoms with van der Waals surface area (Å²) in [6.07, 6.45) is 6.85. The number of thioether (sulfide) groups is 1. The van der Waals surface area contributed by atoms with Crippen LogP contribution in [0.5, 0.6) is 0 Å². The van der Waals surface area contributed by atoms with Crippen LogP contribution in [0.2, 0.25) is 0 Å². The molecule has 21 heavy (non-hydrogen) atoms. The van der Waals surface area contributed by atoms with Gasteiger partial charge in [0, 0.05) is 0 Å². The summed E-state index contributed by atoms with van der Waals surface area (Å²) >= 11 is 6.21. The fourth-order valence-electron chi connectivity index (χ4n) is 1.85. The van der Waals surface area contributed by atoms with Gasteiger partial charge >= 0.3 is 5.97 Å². The molecule has 110 valence electrons. The molecular weight excluding hydrogens is 310 g/mol. The molecule has 1 aliphatic heterocycles. The number of carbonyl (C=O) groups excluding carboxylic acids is 1. The first-order valence-electron chi connectivity index (χ1n) is 6.24. The molecule has 2 rings (SSSR count). The summed E-state index contributed by atoms with van der Waals surface area (Å²) in [4.78, 5) is 25.0. The van der Waals surface area contributed by atoms with E-state index in [0.29, 0.717) is 17.1 Å². The second kappa shape index (κ2) is 6.73. The topological polar surface area (TPSA) is 70.8 Å². The molecule has 0 saturated carbocycles. The average molecular weight is 323 g/mol. The third-order valence-electron chi connectivity index (χ3n) is 2.86. The van der Waals surface area contributed by atoms with Crippen LogP contribution >= 0.6 is 24.0 Å². The Labute approximate surface area is 131 Å². The molecule has 0 radical (unpaired) electrons. The highest BCUT2D eigenvalue weighted by Gasteiger charge is 2.39. The lowest BCUT2D eigenvalue weighted by Crippen LogP contribution is -2.43. The van der Waals surface area contributed by atoms with Crippen molar-refractivity contribution in [3.63, 3.8) is 0 Å². The summed E-state index contributed by atoms with van der Waals surface area (Å²) in [7, 11) is 0. The highest BCUT2D eigenvalue weighted by molar-refractivity contribution is 8.26. The zero-order chi connectivity index (χ0) is 15.4. The Bertz CT molecular complexity index is 619. The Hall–Kier alpha value is -1.86. The third kappa shape index (κ3) is 3.43. The van der Waals surface area contributed by atoms with Crippen molar-refractivity contribution in [2.45, 2.75) is 19.4 Å². The van der Waals surface area contributed by atoms with Gasteiger partial charge in [-0.1, -0.05) is 37.0 Å². The van der Waals surface area contributed by atoms with Crippen LogP contribution in [0, 0.1) is 0 Å². The normalized spacial score (nSPS) is 18.9. The first-order valence-corrected chi connectivity index (χ1v) is 7.47. The van der Waals surface area contributed by atoms with Gasteiger partial charge in [-0.3, -0.25) is 9.69 Å². The Kier molecular flexibility index (Phi) is 4.98. The van der Waals surface area contributed by atoms with Gasteiger partial charge in [-0.2, -0.15) is 0 Å². The van der Waals surface area contributed by atoms with Gasteiger partial charge in [0.05, 0.1) is 11.2 Å². The molecule has 5 nitrogen and oxygen atoms in total. The maximum Gasteiger partial charge on any atom is 0.326 e. The predicted octanol–water partition coefficient (Wildman–Crippen LogP) is 2.90. The van der Waals surface area contributed by atoms with E-state index < -0.39 is 12.0 Å². The number of furan rings is 1. The van der Waals surface area contributed by atoms with Gasteiger partial charge < -0.3 is 9.52 Å². The van der Waals surface area contributed by atoms with Crippen molar-refractivity contribution >= 4 is 46.3 Å². The van der Waals surface area contributed by atoms with Crippen LogP contribution in [0.1, 0.15) is 19.1 Å². The number of carboxylic acid groups (broad SMARTS) is 1. The fraction of sp³-hybridized carbons (Fsp3) is 0.214. The molecule has 1 unspecified atom stereocenters. The summed E-state index contributed by atoms with van der Waals surface area (Å²) in [6, 6.07) is 2.63. The Balaban J connectivity index is 2.15. The Morgan fingerprint density at radius 2 is 2.38 bits per heavy atom. The molecular formula is C14H13NO4S2. The molecule has 1 saturated heterocycles. The number of amides is 1. The predicted molar refractivity (Wildman–Crippen MR) is 84.6 cm³/mol. The van der Waals surface area contributed by atoms with Gasteiger partial charge in [-0.15, -0.1) is 0 Å². The van der Waals surface area contributed by atoms with Gasteiger partial charge in [0.15, 0.2) is 0 Å². The van der Waals surface area contributed by atoms with E-state index in [9.17, 15) is 9.59 Å².